The van der Waals surface area contributed by atoms with Crippen LogP contribution in [0.3, 0.4) is 0 Å². The fourth-order valence-electron chi connectivity index (χ4n) is 1.61. The number of aryl methyl sites for hydroxylation is 1. The highest BCUT2D eigenvalue weighted by molar-refractivity contribution is 5.95. The van der Waals surface area contributed by atoms with Gasteiger partial charge in [-0.3, -0.25) is 0 Å². The second kappa shape index (κ2) is 3.14. The predicted octanol–water partition coefficient (Wildman–Crippen LogP) is 2.43. The van der Waals surface area contributed by atoms with Gasteiger partial charge in [0.1, 0.15) is 5.69 Å². The Morgan fingerprint density at radius 2 is 2.20 bits per heavy atom. The number of rotatable bonds is 1. The van der Waals surface area contributed by atoms with E-state index in [-0.39, 0.29) is 5.69 Å². The summed E-state index contributed by atoms with van der Waals surface area (Å²) in [6.07, 6.45) is 0. The van der Waals surface area contributed by atoms with Crippen molar-refractivity contribution in [3.05, 3.63) is 41.4 Å². The number of aromatic carboxylic acids is 1. The lowest BCUT2D eigenvalue weighted by molar-refractivity contribution is 0.0687. The van der Waals surface area contributed by atoms with E-state index in [1.165, 1.54) is 0 Å². The molecule has 1 aromatic heterocycles. The number of fused-ring (bicyclic) bond motifs is 1. The lowest BCUT2D eigenvalue weighted by atomic mass is 10.2. The highest BCUT2D eigenvalue weighted by Crippen LogP contribution is 2.24. The molecule has 1 N–H and O–H groups in total. The fourth-order valence-corrected chi connectivity index (χ4v) is 1.61. The molecule has 0 aliphatic rings. The standard InChI is InChI=1S/C11H8N2O2/c1-12-8-3-4-9-7(5-8)6-10(11(14)15)13(9)2/h3-6H,2H3,(H,14,15). The van der Waals surface area contributed by atoms with Crippen LogP contribution >= 0.6 is 0 Å². The predicted molar refractivity (Wildman–Crippen MR) is 56.1 cm³/mol. The van der Waals surface area contributed by atoms with E-state index >= 15 is 0 Å². The second-order valence-electron chi connectivity index (χ2n) is 3.25. The topological polar surface area (TPSA) is 46.6 Å². The molecule has 74 valence electrons. The zero-order valence-electron chi connectivity index (χ0n) is 8.06. The molecular formula is C11H8N2O2. The summed E-state index contributed by atoms with van der Waals surface area (Å²) in [5.74, 6) is -0.960. The van der Waals surface area contributed by atoms with Gasteiger partial charge in [-0.2, -0.15) is 0 Å². The molecule has 4 heteroatoms. The molecule has 0 aliphatic heterocycles. The van der Waals surface area contributed by atoms with Gasteiger partial charge in [-0.15, -0.1) is 0 Å². The van der Waals surface area contributed by atoms with Gasteiger partial charge < -0.3 is 9.67 Å². The number of benzene rings is 1. The maximum Gasteiger partial charge on any atom is 0.352 e. The van der Waals surface area contributed by atoms with Crippen LogP contribution in [-0.2, 0) is 7.05 Å². The number of carboxylic acids is 1. The van der Waals surface area contributed by atoms with Gasteiger partial charge in [-0.05, 0) is 23.6 Å². The molecule has 0 bridgehead atoms. The van der Waals surface area contributed by atoms with E-state index < -0.39 is 5.97 Å². The SMILES string of the molecule is [C-]#[N+]c1ccc2c(c1)cc(C(=O)O)n2C. The van der Waals surface area contributed by atoms with Crippen molar-refractivity contribution < 1.29 is 9.90 Å². The van der Waals surface area contributed by atoms with Crippen LogP contribution in [0.25, 0.3) is 15.7 Å². The maximum absolute atomic E-state index is 10.9. The summed E-state index contributed by atoms with van der Waals surface area (Å²) in [6, 6.07) is 6.71. The van der Waals surface area contributed by atoms with E-state index in [0.717, 1.165) is 10.9 Å². The lowest BCUT2D eigenvalue weighted by Crippen LogP contribution is -2.03. The van der Waals surface area contributed by atoms with Gasteiger partial charge >= 0.3 is 5.97 Å². The Hall–Kier alpha value is -2.28. The van der Waals surface area contributed by atoms with Crippen molar-refractivity contribution in [1.29, 1.82) is 0 Å². The van der Waals surface area contributed by atoms with Gasteiger partial charge in [-0.1, -0.05) is 6.07 Å². The normalized spacial score (nSPS) is 10.1. The molecule has 1 aromatic carbocycles. The first-order valence-electron chi connectivity index (χ1n) is 4.33. The molecule has 2 rings (SSSR count). The first-order valence-corrected chi connectivity index (χ1v) is 4.33. The Bertz CT molecular complexity index is 590. The van der Waals surface area contributed by atoms with E-state index in [2.05, 4.69) is 4.85 Å². The van der Waals surface area contributed by atoms with E-state index in [1.807, 2.05) is 0 Å². The van der Waals surface area contributed by atoms with Gasteiger partial charge in [0.2, 0.25) is 0 Å². The number of carboxylic acid groups (broad SMARTS) is 1. The Balaban J connectivity index is 2.77. The molecule has 0 spiro atoms. The third kappa shape index (κ3) is 1.34. The van der Waals surface area contributed by atoms with Crippen LogP contribution in [0.5, 0.6) is 0 Å². The number of aromatic nitrogens is 1. The first-order chi connectivity index (χ1) is 7.13. The number of hydrogen-bond donors (Lipinski definition) is 1. The molecular weight excluding hydrogens is 192 g/mol. The van der Waals surface area contributed by atoms with E-state index in [9.17, 15) is 4.79 Å². The number of hydrogen-bond acceptors (Lipinski definition) is 1. The first kappa shape index (κ1) is 9.28. The molecule has 2 aromatic rings. The van der Waals surface area contributed by atoms with Gasteiger partial charge in [0.15, 0.2) is 5.69 Å². The zero-order valence-corrected chi connectivity index (χ0v) is 8.06. The summed E-state index contributed by atoms with van der Waals surface area (Å²) in [4.78, 5) is 14.2. The molecule has 0 saturated heterocycles. The smallest absolute Gasteiger partial charge is 0.352 e. The lowest BCUT2D eigenvalue weighted by Gasteiger charge is -1.98. The van der Waals surface area contributed by atoms with Crippen LogP contribution < -0.4 is 0 Å². The average Bonchev–Trinajstić information content (AvgIpc) is 2.55. The molecule has 0 radical (unpaired) electrons. The molecule has 0 saturated carbocycles. The number of nitrogens with zero attached hydrogens (tertiary/aromatic N) is 2. The quantitative estimate of drug-likeness (QED) is 0.718. The minimum absolute atomic E-state index is 0.229. The van der Waals surface area contributed by atoms with Crippen molar-refractivity contribution in [1.82, 2.24) is 4.57 Å². The Labute approximate surface area is 86.2 Å². The van der Waals surface area contributed by atoms with Gasteiger partial charge in [0.25, 0.3) is 0 Å². The minimum atomic E-state index is -0.960. The molecule has 1 heterocycles. The summed E-state index contributed by atoms with van der Waals surface area (Å²) < 4.78 is 1.60. The summed E-state index contributed by atoms with van der Waals surface area (Å²) in [6.45, 7) is 6.87. The van der Waals surface area contributed by atoms with Crippen molar-refractivity contribution in [3.8, 4) is 0 Å². The Kier molecular flexibility index (Phi) is 1.94. The Morgan fingerprint density at radius 1 is 1.47 bits per heavy atom. The van der Waals surface area contributed by atoms with Gasteiger partial charge in [0, 0.05) is 12.6 Å². The highest BCUT2D eigenvalue weighted by atomic mass is 16.4. The maximum atomic E-state index is 10.9. The van der Waals surface area contributed by atoms with Crippen LogP contribution in [0.15, 0.2) is 24.3 Å². The fraction of sp³-hybridized carbons (Fsp3) is 0.0909. The van der Waals surface area contributed by atoms with Crippen LogP contribution in [0.4, 0.5) is 5.69 Å². The Morgan fingerprint density at radius 3 is 2.80 bits per heavy atom. The average molecular weight is 200 g/mol. The van der Waals surface area contributed by atoms with Gasteiger partial charge in [0.05, 0.1) is 6.57 Å². The largest absolute Gasteiger partial charge is 0.477 e. The van der Waals surface area contributed by atoms with Gasteiger partial charge in [-0.25, -0.2) is 9.64 Å². The molecule has 4 nitrogen and oxygen atoms in total. The second-order valence-corrected chi connectivity index (χ2v) is 3.25. The molecule has 0 unspecified atom stereocenters. The third-order valence-corrected chi connectivity index (χ3v) is 2.37. The van der Waals surface area contributed by atoms with Crippen molar-refractivity contribution in [2.24, 2.45) is 7.05 Å². The van der Waals surface area contributed by atoms with Crippen LogP contribution in [0.2, 0.25) is 0 Å². The van der Waals surface area contributed by atoms with Crippen molar-refractivity contribution in [3.63, 3.8) is 0 Å². The minimum Gasteiger partial charge on any atom is -0.477 e. The van der Waals surface area contributed by atoms with Crippen LogP contribution in [0.1, 0.15) is 10.5 Å². The monoisotopic (exact) mass is 200 g/mol. The zero-order chi connectivity index (χ0) is 11.0. The van der Waals surface area contributed by atoms with E-state index in [0.29, 0.717) is 5.69 Å². The molecule has 0 aliphatic carbocycles. The summed E-state index contributed by atoms with van der Waals surface area (Å²) >= 11 is 0. The van der Waals surface area contributed by atoms with Crippen LogP contribution in [-0.4, -0.2) is 15.6 Å². The molecule has 0 amide bonds. The summed E-state index contributed by atoms with van der Waals surface area (Å²) in [7, 11) is 1.70. The third-order valence-electron chi connectivity index (χ3n) is 2.37. The van der Waals surface area contributed by atoms with E-state index in [4.69, 9.17) is 11.7 Å². The van der Waals surface area contributed by atoms with Crippen molar-refractivity contribution in [2.75, 3.05) is 0 Å². The summed E-state index contributed by atoms with van der Waals surface area (Å²) in [5.41, 5.74) is 1.57. The number of carbonyl (C=O) groups is 1. The molecule has 15 heavy (non-hydrogen) atoms. The molecule has 0 fully saturated rings. The van der Waals surface area contributed by atoms with Crippen molar-refractivity contribution >= 4 is 22.6 Å². The van der Waals surface area contributed by atoms with E-state index in [1.54, 1.807) is 35.9 Å². The van der Waals surface area contributed by atoms with Crippen LogP contribution in [0, 0.1) is 6.57 Å². The van der Waals surface area contributed by atoms with Crippen molar-refractivity contribution in [2.45, 2.75) is 0 Å². The molecule has 0 atom stereocenters. The summed E-state index contributed by atoms with van der Waals surface area (Å²) in [5, 5.41) is 9.69. The highest BCUT2D eigenvalue weighted by Gasteiger charge is 2.11.